The van der Waals surface area contributed by atoms with Crippen molar-refractivity contribution < 1.29 is 4.42 Å². The van der Waals surface area contributed by atoms with E-state index in [4.69, 9.17) is 4.42 Å². The molecule has 0 bridgehead atoms. The summed E-state index contributed by atoms with van der Waals surface area (Å²) < 4.78 is 5.31. The molecule has 1 aromatic carbocycles. The average molecular weight is 284 g/mol. The Morgan fingerprint density at radius 3 is 2.52 bits per heavy atom. The predicted molar refractivity (Wildman–Crippen MR) is 86.2 cm³/mol. The summed E-state index contributed by atoms with van der Waals surface area (Å²) >= 11 is 0. The van der Waals surface area contributed by atoms with Crippen molar-refractivity contribution in [1.82, 2.24) is 4.98 Å². The summed E-state index contributed by atoms with van der Waals surface area (Å²) in [4.78, 5) is 3.95. The Kier molecular flexibility index (Phi) is 4.59. The molecule has 1 aliphatic rings. The minimum absolute atomic E-state index is 0.634. The van der Waals surface area contributed by atoms with Crippen LogP contribution in [0.5, 0.6) is 0 Å². The third-order valence-electron chi connectivity index (χ3n) is 4.52. The number of nitrogens with one attached hydrogen (secondary N) is 1. The Labute approximate surface area is 126 Å². The van der Waals surface area contributed by atoms with Gasteiger partial charge in [-0.15, -0.1) is 0 Å². The highest BCUT2D eigenvalue weighted by Crippen LogP contribution is 2.30. The van der Waals surface area contributed by atoms with E-state index >= 15 is 0 Å². The summed E-state index contributed by atoms with van der Waals surface area (Å²) in [6, 6.07) is 9.08. The van der Waals surface area contributed by atoms with Gasteiger partial charge in [0.25, 0.3) is 0 Å². The van der Waals surface area contributed by atoms with Crippen LogP contribution in [0.25, 0.3) is 11.3 Å². The number of rotatable bonds is 5. The summed E-state index contributed by atoms with van der Waals surface area (Å²) in [6.07, 6.45) is 11.3. The number of nitrogens with zero attached hydrogens (tertiary/aromatic N) is 1. The third-order valence-corrected chi connectivity index (χ3v) is 4.52. The Bertz CT molecular complexity index is 525. The summed E-state index contributed by atoms with van der Waals surface area (Å²) in [5, 5.41) is 3.67. The lowest BCUT2D eigenvalue weighted by molar-refractivity contribution is 0.319. The molecule has 1 saturated carbocycles. The predicted octanol–water partition coefficient (Wildman–Crippen LogP) is 5.11. The molecule has 112 valence electrons. The number of hydrogen-bond donors (Lipinski definition) is 1. The molecule has 3 heteroatoms. The molecule has 0 unspecified atom stereocenters. The lowest BCUT2D eigenvalue weighted by Gasteiger charge is -2.29. The molecule has 0 amide bonds. The largest absolute Gasteiger partial charge is 0.444 e. The zero-order valence-corrected chi connectivity index (χ0v) is 12.7. The van der Waals surface area contributed by atoms with E-state index in [0.29, 0.717) is 6.04 Å². The van der Waals surface area contributed by atoms with Crippen LogP contribution in [0, 0.1) is 5.92 Å². The van der Waals surface area contributed by atoms with Gasteiger partial charge in [0.15, 0.2) is 12.2 Å². The monoisotopic (exact) mass is 284 g/mol. The van der Waals surface area contributed by atoms with Gasteiger partial charge in [-0.25, -0.2) is 4.98 Å². The smallest absolute Gasteiger partial charge is 0.181 e. The van der Waals surface area contributed by atoms with Crippen molar-refractivity contribution in [2.75, 3.05) is 5.32 Å². The molecule has 0 atom stereocenters. The highest BCUT2D eigenvalue weighted by molar-refractivity contribution is 5.60. The van der Waals surface area contributed by atoms with Gasteiger partial charge in [0, 0.05) is 17.3 Å². The highest BCUT2D eigenvalue weighted by Gasteiger charge is 2.20. The average Bonchev–Trinajstić information content (AvgIpc) is 3.05. The number of oxazole rings is 1. The summed E-state index contributed by atoms with van der Waals surface area (Å²) in [6.45, 7) is 2.29. The second-order valence-electron chi connectivity index (χ2n) is 6.09. The molecule has 1 fully saturated rings. The van der Waals surface area contributed by atoms with Crippen LogP contribution in [0.4, 0.5) is 5.69 Å². The van der Waals surface area contributed by atoms with Crippen LogP contribution in [0.2, 0.25) is 0 Å². The van der Waals surface area contributed by atoms with Gasteiger partial charge < -0.3 is 9.73 Å². The SMILES string of the molecule is CCCC1CCC(Nc2ccc(-c3cnco3)cc2)CC1. The van der Waals surface area contributed by atoms with Crippen molar-refractivity contribution in [2.45, 2.75) is 51.5 Å². The molecule has 0 saturated heterocycles. The van der Waals surface area contributed by atoms with E-state index in [9.17, 15) is 0 Å². The van der Waals surface area contributed by atoms with Crippen molar-refractivity contribution in [2.24, 2.45) is 5.92 Å². The lowest BCUT2D eigenvalue weighted by Crippen LogP contribution is -2.26. The maximum Gasteiger partial charge on any atom is 0.181 e. The molecule has 0 spiro atoms. The Morgan fingerprint density at radius 1 is 1.14 bits per heavy atom. The quantitative estimate of drug-likeness (QED) is 0.828. The minimum atomic E-state index is 0.634. The number of aromatic nitrogens is 1. The fourth-order valence-corrected chi connectivity index (χ4v) is 3.33. The van der Waals surface area contributed by atoms with Crippen LogP contribution >= 0.6 is 0 Å². The first-order valence-electron chi connectivity index (χ1n) is 8.10. The second-order valence-corrected chi connectivity index (χ2v) is 6.09. The van der Waals surface area contributed by atoms with Crippen molar-refractivity contribution >= 4 is 5.69 Å². The van der Waals surface area contributed by atoms with Gasteiger partial charge in [0.2, 0.25) is 0 Å². The van der Waals surface area contributed by atoms with E-state index in [0.717, 1.165) is 17.2 Å². The van der Waals surface area contributed by atoms with Crippen molar-refractivity contribution in [3.63, 3.8) is 0 Å². The van der Waals surface area contributed by atoms with Crippen molar-refractivity contribution in [1.29, 1.82) is 0 Å². The maximum atomic E-state index is 5.31. The van der Waals surface area contributed by atoms with E-state index in [-0.39, 0.29) is 0 Å². The maximum absolute atomic E-state index is 5.31. The molecule has 2 aromatic rings. The molecular weight excluding hydrogens is 260 g/mol. The van der Waals surface area contributed by atoms with Crippen LogP contribution < -0.4 is 5.32 Å². The number of benzene rings is 1. The van der Waals surface area contributed by atoms with Gasteiger partial charge in [0.1, 0.15) is 0 Å². The molecule has 1 N–H and O–H groups in total. The van der Waals surface area contributed by atoms with Crippen LogP contribution in [-0.2, 0) is 0 Å². The van der Waals surface area contributed by atoms with Gasteiger partial charge in [-0.2, -0.15) is 0 Å². The Balaban J connectivity index is 1.54. The molecule has 1 heterocycles. The van der Waals surface area contributed by atoms with Crippen LogP contribution in [0.15, 0.2) is 41.3 Å². The molecule has 3 rings (SSSR count). The summed E-state index contributed by atoms with van der Waals surface area (Å²) in [7, 11) is 0. The molecule has 1 aliphatic carbocycles. The van der Waals surface area contributed by atoms with Gasteiger partial charge >= 0.3 is 0 Å². The second kappa shape index (κ2) is 6.79. The van der Waals surface area contributed by atoms with Gasteiger partial charge in [-0.1, -0.05) is 19.8 Å². The van der Waals surface area contributed by atoms with Gasteiger partial charge in [-0.05, 0) is 55.9 Å². The molecule has 1 aromatic heterocycles. The standard InChI is InChI=1S/C18H24N2O/c1-2-3-14-4-8-16(9-5-14)20-17-10-6-15(7-11-17)18-12-19-13-21-18/h6-7,10-14,16,20H,2-5,8-9H2,1H3. The molecule has 0 aliphatic heterocycles. The lowest BCUT2D eigenvalue weighted by atomic mass is 9.83. The first-order valence-corrected chi connectivity index (χ1v) is 8.10. The summed E-state index contributed by atoms with van der Waals surface area (Å²) in [5.74, 6) is 1.78. The molecule has 21 heavy (non-hydrogen) atoms. The first-order chi connectivity index (χ1) is 10.3. The fraction of sp³-hybridized carbons (Fsp3) is 0.500. The topological polar surface area (TPSA) is 38.1 Å². The molecule has 0 radical (unpaired) electrons. The number of anilines is 1. The first kappa shape index (κ1) is 14.2. The van der Waals surface area contributed by atoms with Gasteiger partial charge in [0.05, 0.1) is 6.20 Å². The van der Waals surface area contributed by atoms with Crippen LogP contribution in [-0.4, -0.2) is 11.0 Å². The van der Waals surface area contributed by atoms with E-state index in [1.165, 1.54) is 50.6 Å². The Morgan fingerprint density at radius 2 is 1.90 bits per heavy atom. The minimum Gasteiger partial charge on any atom is -0.444 e. The molecular formula is C18H24N2O. The zero-order chi connectivity index (χ0) is 14.5. The highest BCUT2D eigenvalue weighted by atomic mass is 16.3. The van der Waals surface area contributed by atoms with E-state index in [1.54, 1.807) is 6.20 Å². The zero-order valence-electron chi connectivity index (χ0n) is 12.7. The third kappa shape index (κ3) is 3.66. The fourth-order valence-electron chi connectivity index (χ4n) is 3.33. The van der Waals surface area contributed by atoms with Crippen molar-refractivity contribution in [3.05, 3.63) is 36.9 Å². The van der Waals surface area contributed by atoms with E-state index in [2.05, 4.69) is 41.5 Å². The van der Waals surface area contributed by atoms with Crippen molar-refractivity contribution in [3.8, 4) is 11.3 Å². The van der Waals surface area contributed by atoms with Gasteiger partial charge in [-0.3, -0.25) is 0 Å². The van der Waals surface area contributed by atoms with Crippen LogP contribution in [0.3, 0.4) is 0 Å². The van der Waals surface area contributed by atoms with Crippen LogP contribution in [0.1, 0.15) is 45.4 Å². The Hall–Kier alpha value is -1.77. The molecule has 3 nitrogen and oxygen atoms in total. The summed E-state index contributed by atoms with van der Waals surface area (Å²) in [5.41, 5.74) is 2.28. The van der Waals surface area contributed by atoms with E-state index in [1.807, 2.05) is 0 Å². The number of hydrogen-bond acceptors (Lipinski definition) is 3. The normalized spacial score (nSPS) is 22.1. The van der Waals surface area contributed by atoms with E-state index < -0.39 is 0 Å².